The van der Waals surface area contributed by atoms with Crippen molar-refractivity contribution in [1.82, 2.24) is 4.57 Å². The molecule has 11 aromatic carbocycles. The van der Waals surface area contributed by atoms with Crippen LogP contribution in [0.1, 0.15) is 5.56 Å². The van der Waals surface area contributed by atoms with Crippen molar-refractivity contribution in [1.29, 1.82) is 5.26 Å². The van der Waals surface area contributed by atoms with Gasteiger partial charge in [0.05, 0.1) is 38.3 Å². The van der Waals surface area contributed by atoms with Gasteiger partial charge in [0.25, 0.3) is 0 Å². The van der Waals surface area contributed by atoms with Gasteiger partial charge < -0.3 is 4.57 Å². The molecule has 0 saturated heterocycles. The monoisotopic (exact) mass is 961 g/mol. The molecule has 0 bridgehead atoms. The van der Waals surface area contributed by atoms with Crippen molar-refractivity contribution in [2.45, 2.75) is 0 Å². The van der Waals surface area contributed by atoms with Crippen molar-refractivity contribution < 1.29 is 0 Å². The van der Waals surface area contributed by atoms with Crippen LogP contribution in [0.5, 0.6) is 0 Å². The number of aromatic nitrogens is 1. The van der Waals surface area contributed by atoms with Crippen LogP contribution in [0.15, 0.2) is 237 Å². The smallest absolute Gasteiger partial charge is 0.219 e. The lowest BCUT2D eigenvalue weighted by atomic mass is 9.78. The number of benzene rings is 11. The summed E-state index contributed by atoms with van der Waals surface area (Å²) in [6.45, 7) is 9.90. The van der Waals surface area contributed by atoms with Gasteiger partial charge in [-0.05, 0) is 79.9 Å². The first-order chi connectivity index (χ1) is 36.2. The van der Waals surface area contributed by atoms with E-state index < -0.39 is 0 Å². The van der Waals surface area contributed by atoms with Gasteiger partial charge in [-0.3, -0.25) is 0 Å². The number of hydrogen-bond acceptors (Lipinski definition) is 3. The van der Waals surface area contributed by atoms with E-state index in [-0.39, 0.29) is 0 Å². The lowest BCUT2D eigenvalue weighted by molar-refractivity contribution is 1.20. The van der Waals surface area contributed by atoms with E-state index in [1.807, 2.05) is 36.4 Å². The number of fused-ring (bicyclic) bond motifs is 11. The number of nitriles is 1. The molecule has 0 spiro atoms. The van der Waals surface area contributed by atoms with Gasteiger partial charge in [0.1, 0.15) is 6.07 Å². The Hall–Kier alpha value is -9.36. The van der Waals surface area contributed by atoms with E-state index in [2.05, 4.69) is 211 Å². The van der Waals surface area contributed by atoms with Crippen LogP contribution in [0.4, 0.5) is 5.69 Å². The highest BCUT2D eigenvalue weighted by Gasteiger charge is 2.34. The third kappa shape index (κ3) is 6.61. The first-order valence-corrected chi connectivity index (χ1v) is 26.0. The highest BCUT2D eigenvalue weighted by Crippen LogP contribution is 2.58. The van der Waals surface area contributed by atoms with Gasteiger partial charge in [0.2, 0.25) is 5.69 Å². The van der Waals surface area contributed by atoms with E-state index in [1.54, 1.807) is 22.7 Å². The number of hydrogen-bond donors (Lipinski definition) is 0. The van der Waals surface area contributed by atoms with Crippen LogP contribution in [-0.2, 0) is 0 Å². The van der Waals surface area contributed by atoms with Crippen molar-refractivity contribution >= 4 is 90.5 Å². The molecule has 5 heteroatoms. The second-order valence-electron chi connectivity index (χ2n) is 18.4. The van der Waals surface area contributed by atoms with Gasteiger partial charge in [-0.2, -0.15) is 5.26 Å². The molecule has 3 heterocycles. The lowest BCUT2D eigenvalue weighted by Gasteiger charge is -2.27. The molecule has 0 aliphatic heterocycles. The van der Waals surface area contributed by atoms with Crippen molar-refractivity contribution in [3.05, 3.63) is 254 Å². The second-order valence-corrected chi connectivity index (χ2v) is 20.5. The summed E-state index contributed by atoms with van der Waals surface area (Å²) < 4.78 is 7.07. The molecule has 3 aromatic heterocycles. The number of nitrogens with zero attached hydrogens (tertiary/aromatic N) is 3. The molecule has 14 aromatic rings. The minimum absolute atomic E-state index is 0.466. The zero-order valence-corrected chi connectivity index (χ0v) is 40.8. The molecule has 14 rings (SSSR count). The maximum Gasteiger partial charge on any atom is 0.219 e. The van der Waals surface area contributed by atoms with E-state index >= 15 is 0 Å². The Morgan fingerprint density at radius 1 is 0.370 bits per heavy atom. The summed E-state index contributed by atoms with van der Waals surface area (Å²) in [5, 5.41) is 19.2. The van der Waals surface area contributed by atoms with Crippen LogP contribution in [0, 0.1) is 17.9 Å². The fourth-order valence-electron chi connectivity index (χ4n) is 11.3. The van der Waals surface area contributed by atoms with E-state index in [1.165, 1.54) is 20.2 Å². The van der Waals surface area contributed by atoms with Gasteiger partial charge in [0, 0.05) is 52.8 Å². The maximum absolute atomic E-state index is 12.3. The van der Waals surface area contributed by atoms with Crippen LogP contribution < -0.4 is 0 Å². The zero-order valence-electron chi connectivity index (χ0n) is 39.2. The summed E-state index contributed by atoms with van der Waals surface area (Å²) in [5.41, 5.74) is 14.5. The van der Waals surface area contributed by atoms with E-state index in [4.69, 9.17) is 4.85 Å². The van der Waals surface area contributed by atoms with Gasteiger partial charge in [-0.1, -0.05) is 212 Å². The molecule has 338 valence electrons. The summed E-state index contributed by atoms with van der Waals surface area (Å²) in [7, 11) is 0. The average molecular weight is 962 g/mol. The minimum atomic E-state index is 0.466. The topological polar surface area (TPSA) is 33.1 Å². The zero-order chi connectivity index (χ0) is 48.6. The summed E-state index contributed by atoms with van der Waals surface area (Å²) in [6.07, 6.45) is 0. The largest absolute Gasteiger partial charge is 0.316 e. The fraction of sp³-hybridized carbons (Fsp3) is 0. The molecule has 0 radical (unpaired) electrons. The molecule has 0 atom stereocenters. The highest BCUT2D eigenvalue weighted by molar-refractivity contribution is 7.27. The highest BCUT2D eigenvalue weighted by atomic mass is 32.1. The Morgan fingerprint density at radius 3 is 1.22 bits per heavy atom. The number of rotatable bonds is 7. The molecule has 0 aliphatic rings. The van der Waals surface area contributed by atoms with Gasteiger partial charge in [-0.15, -0.1) is 22.7 Å². The Labute approximate surface area is 429 Å². The van der Waals surface area contributed by atoms with Gasteiger partial charge in [0.15, 0.2) is 0 Å². The van der Waals surface area contributed by atoms with Crippen LogP contribution in [0.2, 0.25) is 0 Å². The Bertz CT molecular complexity index is 4410. The first kappa shape index (κ1) is 42.5. The van der Waals surface area contributed by atoms with Crippen LogP contribution in [0.3, 0.4) is 0 Å². The molecule has 0 N–H and O–H groups in total. The Morgan fingerprint density at radius 2 is 0.767 bits per heavy atom. The number of thiophene rings is 2. The third-order valence-electron chi connectivity index (χ3n) is 14.5. The quantitative estimate of drug-likeness (QED) is 0.147. The van der Waals surface area contributed by atoms with E-state index in [0.29, 0.717) is 22.5 Å². The molecule has 0 aliphatic carbocycles. The molecular formula is C68H39N3S2. The van der Waals surface area contributed by atoms with Crippen LogP contribution in [0.25, 0.3) is 139 Å². The van der Waals surface area contributed by atoms with Crippen molar-refractivity contribution in [3.63, 3.8) is 0 Å². The molecule has 0 saturated carbocycles. The summed E-state index contributed by atoms with van der Waals surface area (Å²) in [6, 6.07) is 86.0. The molecular weight excluding hydrogens is 923 g/mol. The summed E-state index contributed by atoms with van der Waals surface area (Å²) in [4.78, 5) is 4.89. The predicted molar refractivity (Wildman–Crippen MR) is 310 cm³/mol. The fourth-order valence-corrected chi connectivity index (χ4v) is 13.8. The molecule has 0 fully saturated rings. The minimum Gasteiger partial charge on any atom is -0.316 e. The van der Waals surface area contributed by atoms with Gasteiger partial charge >= 0.3 is 0 Å². The van der Waals surface area contributed by atoms with Crippen molar-refractivity contribution in [2.24, 2.45) is 0 Å². The van der Waals surface area contributed by atoms with Crippen LogP contribution in [-0.4, -0.2) is 4.57 Å². The molecule has 0 amide bonds. The van der Waals surface area contributed by atoms with Crippen molar-refractivity contribution in [3.8, 4) is 78.5 Å². The molecule has 73 heavy (non-hydrogen) atoms. The second kappa shape index (κ2) is 17.2. The first-order valence-electron chi connectivity index (χ1n) is 24.3. The van der Waals surface area contributed by atoms with Gasteiger partial charge in [-0.25, -0.2) is 4.85 Å². The third-order valence-corrected chi connectivity index (χ3v) is 16.9. The average Bonchev–Trinajstić information content (AvgIpc) is 4.16. The molecule has 3 nitrogen and oxygen atoms in total. The van der Waals surface area contributed by atoms with E-state index in [0.717, 1.165) is 103 Å². The van der Waals surface area contributed by atoms with E-state index in [9.17, 15) is 11.8 Å². The Balaban J connectivity index is 1.28. The normalized spacial score (nSPS) is 11.5. The maximum atomic E-state index is 12.3. The lowest BCUT2D eigenvalue weighted by Crippen LogP contribution is -2.06. The molecule has 0 unspecified atom stereocenters. The standard InChI is InChI=1S/C68H39N3S2/c1-70-63-62(61-54(43-23-9-3-10-24-43)39-47(42-21-7-2-8-22-42)40-55(61)44-25-11-4-12-26-44)59(45-27-13-5-14-28-45)56(41-69)60(46-29-15-6-16-30-46)66(63)71-64-50(35-37-52-48-31-17-19-33-57(48)72-67(52)64)51-36-38-53-49-32-18-20-34-58(49)73-68(53)65(51)71/h2-40H. The Kier molecular flexibility index (Phi) is 10.0. The SMILES string of the molecule is [C-]#[N+]c1c(-c2c(-c3ccccc3)cc(-c3ccccc3)cc2-c2ccccc2)c(-c2ccccc2)c(C#N)c(-c2ccccc2)c1-n1c2c(ccc3c4ccccc4sc32)c2ccc3c4ccccc4sc3c21. The summed E-state index contributed by atoms with van der Waals surface area (Å²) in [5.74, 6) is 0. The van der Waals surface area contributed by atoms with Crippen molar-refractivity contribution in [2.75, 3.05) is 0 Å². The summed E-state index contributed by atoms with van der Waals surface area (Å²) >= 11 is 3.58. The van der Waals surface area contributed by atoms with Crippen LogP contribution >= 0.6 is 22.7 Å². The predicted octanol–water partition coefficient (Wildman–Crippen LogP) is 19.9.